The smallest absolute Gasteiger partial charge is 0.256 e. The lowest BCUT2D eigenvalue weighted by Crippen LogP contribution is -2.17. The van der Waals surface area contributed by atoms with Gasteiger partial charge >= 0.3 is 0 Å². The number of benzene rings is 2. The van der Waals surface area contributed by atoms with E-state index in [1.807, 2.05) is 37.3 Å². The number of fused-ring (bicyclic) bond motifs is 1. The molecule has 0 saturated carbocycles. The first-order valence-electron chi connectivity index (χ1n) is 9.41. The van der Waals surface area contributed by atoms with Crippen LogP contribution in [0.3, 0.4) is 0 Å². The molecule has 0 bridgehead atoms. The zero-order chi connectivity index (χ0) is 22.1. The van der Waals surface area contributed by atoms with Gasteiger partial charge in [0.15, 0.2) is 5.65 Å². The number of hydrogen-bond acceptors (Lipinski definition) is 4. The topological polar surface area (TPSA) is 103 Å². The Morgan fingerprint density at radius 1 is 1.06 bits per heavy atom. The van der Waals surface area contributed by atoms with Crippen LogP contribution in [-0.4, -0.2) is 26.6 Å². The maximum atomic E-state index is 14.3. The molecule has 0 spiro atoms. The lowest BCUT2D eigenvalue weighted by Gasteiger charge is -2.11. The third kappa shape index (κ3) is 3.73. The van der Waals surface area contributed by atoms with Crippen molar-refractivity contribution in [2.75, 3.05) is 5.32 Å². The molecule has 3 N–H and O–H groups in total. The standard InChI is InChI=1S/C22H17F2N5O2/c1-2-29-21-15(11-26-29)13(8-18(27-21)12-6-4-3-5-7-12)22(31)28-19-9-14(20(25)30)16(23)10-17(19)24/h3-11H,2H2,1H3,(H2,25,30)(H,28,31). The minimum absolute atomic E-state index is 0.202. The number of aromatic nitrogens is 3. The monoisotopic (exact) mass is 421 g/mol. The van der Waals surface area contributed by atoms with Crippen molar-refractivity contribution in [1.29, 1.82) is 0 Å². The van der Waals surface area contributed by atoms with E-state index in [2.05, 4.69) is 15.4 Å². The van der Waals surface area contributed by atoms with Crippen molar-refractivity contribution >= 4 is 28.5 Å². The Bertz CT molecular complexity index is 1320. The van der Waals surface area contributed by atoms with Gasteiger partial charge in [0.05, 0.1) is 34.1 Å². The van der Waals surface area contributed by atoms with Gasteiger partial charge in [-0.1, -0.05) is 30.3 Å². The molecule has 156 valence electrons. The molecule has 0 unspecified atom stereocenters. The van der Waals surface area contributed by atoms with Crippen molar-refractivity contribution in [1.82, 2.24) is 14.8 Å². The predicted octanol–water partition coefficient (Wildman–Crippen LogP) is 3.75. The fourth-order valence-corrected chi connectivity index (χ4v) is 3.25. The third-order valence-electron chi connectivity index (χ3n) is 4.79. The number of hydrogen-bond donors (Lipinski definition) is 2. The molecule has 7 nitrogen and oxygen atoms in total. The molecule has 31 heavy (non-hydrogen) atoms. The van der Waals surface area contributed by atoms with Gasteiger partial charge in [-0.3, -0.25) is 9.59 Å². The predicted molar refractivity (Wildman–Crippen MR) is 111 cm³/mol. The van der Waals surface area contributed by atoms with Gasteiger partial charge in [-0.25, -0.2) is 18.4 Å². The summed E-state index contributed by atoms with van der Waals surface area (Å²) in [5.41, 5.74) is 6.24. The average Bonchev–Trinajstić information content (AvgIpc) is 3.18. The van der Waals surface area contributed by atoms with Crippen molar-refractivity contribution in [2.45, 2.75) is 13.5 Å². The number of carbonyl (C=O) groups is 2. The second kappa shape index (κ2) is 7.94. The normalized spacial score (nSPS) is 10.9. The van der Waals surface area contributed by atoms with Crippen LogP contribution in [0.15, 0.2) is 54.7 Å². The van der Waals surface area contributed by atoms with Gasteiger partial charge in [-0.05, 0) is 19.1 Å². The molecule has 0 aliphatic carbocycles. The van der Waals surface area contributed by atoms with E-state index in [0.29, 0.717) is 29.3 Å². The van der Waals surface area contributed by atoms with Crippen molar-refractivity contribution in [3.8, 4) is 11.3 Å². The third-order valence-corrected chi connectivity index (χ3v) is 4.79. The highest BCUT2D eigenvalue weighted by Gasteiger charge is 2.20. The Morgan fingerprint density at radius 2 is 1.81 bits per heavy atom. The van der Waals surface area contributed by atoms with E-state index < -0.39 is 29.0 Å². The minimum Gasteiger partial charge on any atom is -0.366 e. The fraction of sp³-hybridized carbons (Fsp3) is 0.0909. The summed E-state index contributed by atoms with van der Waals surface area (Å²) in [7, 11) is 0. The second-order valence-electron chi connectivity index (χ2n) is 6.75. The Hall–Kier alpha value is -4.14. The maximum Gasteiger partial charge on any atom is 0.256 e. The molecule has 0 aliphatic heterocycles. The SMILES string of the molecule is CCn1ncc2c(C(=O)Nc3cc(C(N)=O)c(F)cc3F)cc(-c3ccccc3)nc21. The van der Waals surface area contributed by atoms with Crippen molar-refractivity contribution < 1.29 is 18.4 Å². The van der Waals surface area contributed by atoms with E-state index in [1.54, 1.807) is 10.7 Å². The Labute approximate surface area is 175 Å². The maximum absolute atomic E-state index is 14.3. The molecule has 4 rings (SSSR count). The lowest BCUT2D eigenvalue weighted by atomic mass is 10.1. The number of aryl methyl sites for hydroxylation is 1. The minimum atomic E-state index is -1.11. The van der Waals surface area contributed by atoms with Crippen molar-refractivity contribution in [3.63, 3.8) is 0 Å². The number of carbonyl (C=O) groups excluding carboxylic acids is 2. The summed E-state index contributed by atoms with van der Waals surface area (Å²) >= 11 is 0. The Morgan fingerprint density at radius 3 is 2.48 bits per heavy atom. The first-order chi connectivity index (χ1) is 14.9. The summed E-state index contributed by atoms with van der Waals surface area (Å²) in [6, 6.07) is 12.2. The van der Waals surface area contributed by atoms with Crippen LogP contribution in [0.2, 0.25) is 0 Å². The van der Waals surface area contributed by atoms with Gasteiger partial charge in [-0.15, -0.1) is 0 Å². The van der Waals surface area contributed by atoms with Crippen LogP contribution in [0.5, 0.6) is 0 Å². The number of pyridine rings is 1. The van der Waals surface area contributed by atoms with Gasteiger partial charge in [0.1, 0.15) is 11.6 Å². The number of rotatable bonds is 5. The highest BCUT2D eigenvalue weighted by molar-refractivity contribution is 6.13. The van der Waals surface area contributed by atoms with E-state index in [-0.39, 0.29) is 11.3 Å². The molecule has 2 amide bonds. The number of nitrogens with one attached hydrogen (secondary N) is 1. The molecule has 2 heterocycles. The summed E-state index contributed by atoms with van der Waals surface area (Å²) < 4.78 is 29.7. The zero-order valence-electron chi connectivity index (χ0n) is 16.4. The number of halogens is 2. The second-order valence-corrected chi connectivity index (χ2v) is 6.75. The zero-order valence-corrected chi connectivity index (χ0v) is 16.4. The summed E-state index contributed by atoms with van der Waals surface area (Å²) in [5, 5.41) is 7.12. The van der Waals surface area contributed by atoms with Crippen LogP contribution in [0.25, 0.3) is 22.3 Å². The van der Waals surface area contributed by atoms with Crippen LogP contribution in [0.4, 0.5) is 14.5 Å². The number of nitrogens with zero attached hydrogens (tertiary/aromatic N) is 3. The molecule has 0 fully saturated rings. The molecule has 2 aromatic carbocycles. The number of nitrogens with two attached hydrogens (primary N) is 1. The molecule has 4 aromatic rings. The van der Waals surface area contributed by atoms with E-state index in [0.717, 1.165) is 11.6 Å². The molecule has 0 radical (unpaired) electrons. The summed E-state index contributed by atoms with van der Waals surface area (Å²) in [5.74, 6) is -3.88. The highest BCUT2D eigenvalue weighted by atomic mass is 19.1. The molecular formula is C22H17F2N5O2. The average molecular weight is 421 g/mol. The van der Waals surface area contributed by atoms with E-state index >= 15 is 0 Å². The van der Waals surface area contributed by atoms with Crippen molar-refractivity contribution in [2.24, 2.45) is 5.73 Å². The quantitative estimate of drug-likeness (QED) is 0.512. The van der Waals surface area contributed by atoms with Crippen LogP contribution < -0.4 is 11.1 Å². The van der Waals surface area contributed by atoms with Gasteiger partial charge in [0.25, 0.3) is 11.8 Å². The van der Waals surface area contributed by atoms with Gasteiger partial charge in [0.2, 0.25) is 0 Å². The largest absolute Gasteiger partial charge is 0.366 e. The van der Waals surface area contributed by atoms with Gasteiger partial charge in [-0.2, -0.15) is 5.10 Å². The molecule has 0 aliphatic rings. The van der Waals surface area contributed by atoms with Gasteiger partial charge < -0.3 is 11.1 Å². The summed E-state index contributed by atoms with van der Waals surface area (Å²) in [6.45, 7) is 2.42. The van der Waals surface area contributed by atoms with E-state index in [1.165, 1.54) is 6.20 Å². The lowest BCUT2D eigenvalue weighted by molar-refractivity contribution is 0.0992. The van der Waals surface area contributed by atoms with Crippen molar-refractivity contribution in [3.05, 3.63) is 77.5 Å². The number of anilines is 1. The highest BCUT2D eigenvalue weighted by Crippen LogP contribution is 2.27. The van der Waals surface area contributed by atoms with E-state index in [9.17, 15) is 18.4 Å². The van der Waals surface area contributed by atoms with Crippen LogP contribution in [0.1, 0.15) is 27.6 Å². The molecule has 9 heteroatoms. The first kappa shape index (κ1) is 20.1. The molecule has 0 atom stereocenters. The van der Waals surface area contributed by atoms with Crippen LogP contribution >= 0.6 is 0 Å². The van der Waals surface area contributed by atoms with Gasteiger partial charge in [0, 0.05) is 18.2 Å². The Balaban J connectivity index is 1.82. The van der Waals surface area contributed by atoms with E-state index in [4.69, 9.17) is 5.73 Å². The number of amides is 2. The molecule has 2 aromatic heterocycles. The summed E-state index contributed by atoms with van der Waals surface area (Å²) in [4.78, 5) is 29.1. The fourth-order valence-electron chi connectivity index (χ4n) is 3.25. The number of primary amides is 1. The molecular weight excluding hydrogens is 404 g/mol. The molecule has 0 saturated heterocycles. The first-order valence-corrected chi connectivity index (χ1v) is 9.41. The van der Waals surface area contributed by atoms with Crippen LogP contribution in [-0.2, 0) is 6.54 Å². The summed E-state index contributed by atoms with van der Waals surface area (Å²) in [6.07, 6.45) is 1.51. The van der Waals surface area contributed by atoms with Crippen LogP contribution in [0, 0.1) is 11.6 Å². The Kier molecular flexibility index (Phi) is 5.16.